The Balaban J connectivity index is 1.75. The van der Waals surface area contributed by atoms with Crippen molar-refractivity contribution in [2.75, 3.05) is 12.9 Å². The van der Waals surface area contributed by atoms with Crippen molar-refractivity contribution in [2.24, 2.45) is 5.10 Å². The average Bonchev–Trinajstić information content (AvgIpc) is 2.55. The van der Waals surface area contributed by atoms with Crippen molar-refractivity contribution < 1.29 is 9.53 Å². The zero-order valence-corrected chi connectivity index (χ0v) is 15.1. The minimum absolute atomic E-state index is 0.129. The van der Waals surface area contributed by atoms with Crippen LogP contribution in [0.1, 0.15) is 11.1 Å². The quantitative estimate of drug-likeness (QED) is 0.575. The van der Waals surface area contributed by atoms with Crippen LogP contribution in [0.15, 0.2) is 58.1 Å². The maximum Gasteiger partial charge on any atom is 0.250 e. The Hall–Kier alpha value is -1.79. The van der Waals surface area contributed by atoms with E-state index in [1.807, 2.05) is 48.5 Å². The Morgan fingerprint density at radius 1 is 1.30 bits per heavy atom. The van der Waals surface area contributed by atoms with Gasteiger partial charge in [0.05, 0.1) is 19.1 Å². The molecule has 0 aromatic heterocycles. The number of methoxy groups -OCH3 is 1. The van der Waals surface area contributed by atoms with Crippen molar-refractivity contribution in [1.82, 2.24) is 5.43 Å². The lowest BCUT2D eigenvalue weighted by atomic mass is 10.2. The number of benzene rings is 2. The molecule has 4 nitrogen and oxygen atoms in total. The van der Waals surface area contributed by atoms with Crippen molar-refractivity contribution in [3.8, 4) is 5.75 Å². The van der Waals surface area contributed by atoms with E-state index in [0.717, 1.165) is 21.5 Å². The second kappa shape index (κ2) is 9.37. The summed E-state index contributed by atoms with van der Waals surface area (Å²) in [6.07, 6.45) is 1.58. The molecule has 120 valence electrons. The van der Waals surface area contributed by atoms with E-state index in [1.54, 1.807) is 25.1 Å². The number of halogens is 1. The molecular weight excluding hydrogens is 376 g/mol. The van der Waals surface area contributed by atoms with E-state index in [-0.39, 0.29) is 5.91 Å². The molecule has 0 aliphatic carbocycles. The molecule has 1 N–H and O–H groups in total. The highest BCUT2D eigenvalue weighted by Gasteiger charge is 2.02. The van der Waals surface area contributed by atoms with Gasteiger partial charge in [-0.15, -0.1) is 11.8 Å². The number of nitrogens with zero attached hydrogens (tertiary/aromatic N) is 1. The fraction of sp³-hybridized carbons (Fsp3) is 0.176. The van der Waals surface area contributed by atoms with Gasteiger partial charge in [-0.25, -0.2) is 5.43 Å². The summed E-state index contributed by atoms with van der Waals surface area (Å²) in [4.78, 5) is 11.8. The largest absolute Gasteiger partial charge is 0.496 e. The molecular formula is C17H17BrN2O2S. The number of para-hydroxylation sites is 1. The minimum Gasteiger partial charge on any atom is -0.496 e. The second-order valence-corrected chi connectivity index (χ2v) is 6.56. The molecule has 2 aromatic rings. The SMILES string of the molecule is COc1ccccc1/C=N\NC(=O)CSCc1cccc(Br)c1. The van der Waals surface area contributed by atoms with Crippen LogP contribution in [-0.2, 0) is 10.5 Å². The third kappa shape index (κ3) is 6.08. The van der Waals surface area contributed by atoms with Gasteiger partial charge in [-0.1, -0.05) is 40.2 Å². The molecule has 2 aromatic carbocycles. The monoisotopic (exact) mass is 392 g/mol. The fourth-order valence-corrected chi connectivity index (χ4v) is 3.08. The number of nitrogens with one attached hydrogen (secondary N) is 1. The minimum atomic E-state index is -0.129. The first-order valence-corrected chi connectivity index (χ1v) is 8.91. The third-order valence-electron chi connectivity index (χ3n) is 2.92. The van der Waals surface area contributed by atoms with Crippen molar-refractivity contribution in [2.45, 2.75) is 5.75 Å². The molecule has 1 amide bonds. The summed E-state index contributed by atoms with van der Waals surface area (Å²) in [6.45, 7) is 0. The van der Waals surface area contributed by atoms with E-state index >= 15 is 0 Å². The predicted octanol–water partition coefficient (Wildman–Crippen LogP) is 3.84. The van der Waals surface area contributed by atoms with E-state index in [4.69, 9.17) is 4.74 Å². The Morgan fingerprint density at radius 2 is 2.13 bits per heavy atom. The van der Waals surface area contributed by atoms with Gasteiger partial charge in [-0.05, 0) is 29.8 Å². The molecule has 0 heterocycles. The average molecular weight is 393 g/mol. The number of rotatable bonds is 7. The molecule has 0 radical (unpaired) electrons. The lowest BCUT2D eigenvalue weighted by Crippen LogP contribution is -2.19. The second-order valence-electron chi connectivity index (χ2n) is 4.66. The smallest absolute Gasteiger partial charge is 0.250 e. The van der Waals surface area contributed by atoms with E-state index in [0.29, 0.717) is 5.75 Å². The zero-order valence-electron chi connectivity index (χ0n) is 12.7. The van der Waals surface area contributed by atoms with Crippen LogP contribution < -0.4 is 10.2 Å². The normalized spacial score (nSPS) is 10.7. The summed E-state index contributed by atoms with van der Waals surface area (Å²) >= 11 is 4.98. The van der Waals surface area contributed by atoms with Crippen LogP contribution in [0.5, 0.6) is 5.75 Å². The summed E-state index contributed by atoms with van der Waals surface area (Å²) in [5, 5.41) is 3.96. The van der Waals surface area contributed by atoms with E-state index in [1.165, 1.54) is 5.56 Å². The Morgan fingerprint density at radius 3 is 2.91 bits per heavy atom. The van der Waals surface area contributed by atoms with Gasteiger partial charge in [0, 0.05) is 15.8 Å². The third-order valence-corrected chi connectivity index (χ3v) is 4.42. The van der Waals surface area contributed by atoms with Crippen LogP contribution in [-0.4, -0.2) is 25.0 Å². The van der Waals surface area contributed by atoms with Crippen molar-refractivity contribution >= 4 is 39.8 Å². The van der Waals surface area contributed by atoms with Gasteiger partial charge in [0.2, 0.25) is 5.91 Å². The first-order valence-electron chi connectivity index (χ1n) is 6.96. The van der Waals surface area contributed by atoms with Crippen LogP contribution in [0.2, 0.25) is 0 Å². The van der Waals surface area contributed by atoms with Gasteiger partial charge in [0.1, 0.15) is 5.75 Å². The number of amides is 1. The molecule has 0 atom stereocenters. The highest BCUT2D eigenvalue weighted by Crippen LogP contribution is 2.17. The predicted molar refractivity (Wildman–Crippen MR) is 99.0 cm³/mol. The van der Waals surface area contributed by atoms with Gasteiger partial charge >= 0.3 is 0 Å². The zero-order chi connectivity index (χ0) is 16.5. The lowest BCUT2D eigenvalue weighted by Gasteiger charge is -2.04. The highest BCUT2D eigenvalue weighted by atomic mass is 79.9. The molecule has 0 saturated carbocycles. The van der Waals surface area contributed by atoms with Crippen molar-refractivity contribution in [3.05, 3.63) is 64.1 Å². The number of carbonyl (C=O) groups excluding carboxylic acids is 1. The molecule has 0 spiro atoms. The van der Waals surface area contributed by atoms with Gasteiger partial charge in [0.25, 0.3) is 0 Å². The Labute approximate surface area is 148 Å². The summed E-state index contributed by atoms with van der Waals surface area (Å²) in [5.41, 5.74) is 4.52. The first-order chi connectivity index (χ1) is 11.2. The summed E-state index contributed by atoms with van der Waals surface area (Å²) in [7, 11) is 1.60. The molecule has 0 saturated heterocycles. The number of hydrogen-bond acceptors (Lipinski definition) is 4. The van der Waals surface area contributed by atoms with Gasteiger partial charge in [0.15, 0.2) is 0 Å². The van der Waals surface area contributed by atoms with Crippen LogP contribution in [0.4, 0.5) is 0 Å². The Kier molecular flexibility index (Phi) is 7.16. The number of hydrazone groups is 1. The molecule has 2 rings (SSSR count). The molecule has 0 unspecified atom stereocenters. The van der Waals surface area contributed by atoms with Gasteiger partial charge in [-0.3, -0.25) is 4.79 Å². The standard InChI is InChI=1S/C17H17BrN2O2S/c1-22-16-8-3-2-6-14(16)10-19-20-17(21)12-23-11-13-5-4-7-15(18)9-13/h2-10H,11-12H2,1H3,(H,20,21)/b19-10-. The highest BCUT2D eigenvalue weighted by molar-refractivity contribution is 9.10. The molecule has 0 fully saturated rings. The number of hydrogen-bond donors (Lipinski definition) is 1. The fourth-order valence-electron chi connectivity index (χ4n) is 1.87. The van der Waals surface area contributed by atoms with Crippen molar-refractivity contribution in [3.63, 3.8) is 0 Å². The molecule has 6 heteroatoms. The number of carbonyl (C=O) groups is 1. The van der Waals surface area contributed by atoms with E-state index < -0.39 is 0 Å². The summed E-state index contributed by atoms with van der Waals surface area (Å²) in [6, 6.07) is 15.5. The molecule has 0 bridgehead atoms. The van der Waals surface area contributed by atoms with Gasteiger partial charge in [-0.2, -0.15) is 5.10 Å². The summed E-state index contributed by atoms with van der Waals surface area (Å²) in [5.74, 6) is 1.73. The molecule has 23 heavy (non-hydrogen) atoms. The Bertz CT molecular complexity index is 692. The topological polar surface area (TPSA) is 50.7 Å². The van der Waals surface area contributed by atoms with E-state index in [9.17, 15) is 4.79 Å². The molecule has 0 aliphatic rings. The maximum atomic E-state index is 11.8. The number of thioether (sulfide) groups is 1. The lowest BCUT2D eigenvalue weighted by molar-refractivity contribution is -0.118. The van der Waals surface area contributed by atoms with Crippen LogP contribution >= 0.6 is 27.7 Å². The number of ether oxygens (including phenoxy) is 1. The van der Waals surface area contributed by atoms with Gasteiger partial charge < -0.3 is 4.74 Å². The van der Waals surface area contributed by atoms with Crippen LogP contribution in [0.25, 0.3) is 0 Å². The molecule has 0 aliphatic heterocycles. The van der Waals surface area contributed by atoms with E-state index in [2.05, 4.69) is 26.5 Å². The summed E-state index contributed by atoms with van der Waals surface area (Å²) < 4.78 is 6.26. The van der Waals surface area contributed by atoms with Crippen molar-refractivity contribution in [1.29, 1.82) is 0 Å². The maximum absolute atomic E-state index is 11.8. The van der Waals surface area contributed by atoms with Crippen LogP contribution in [0.3, 0.4) is 0 Å². The first kappa shape index (κ1) is 17.6. The van der Waals surface area contributed by atoms with Crippen LogP contribution in [0, 0.1) is 0 Å².